The van der Waals surface area contributed by atoms with Crippen LogP contribution >= 0.6 is 0 Å². The number of carbonyl (C=O) groups is 2. The van der Waals surface area contributed by atoms with Gasteiger partial charge in [-0.2, -0.15) is 4.98 Å². The monoisotopic (exact) mass is 362 g/mol. The summed E-state index contributed by atoms with van der Waals surface area (Å²) >= 11 is 0. The fourth-order valence-corrected chi connectivity index (χ4v) is 3.79. The molecule has 1 amide bonds. The maximum Gasteiger partial charge on any atom is 0.323 e. The third-order valence-electron chi connectivity index (χ3n) is 4.95. The van der Waals surface area contributed by atoms with E-state index in [9.17, 15) is 14.7 Å². The number of fused-ring (bicyclic) bond motifs is 1. The van der Waals surface area contributed by atoms with Gasteiger partial charge in [0, 0.05) is 12.1 Å². The second-order valence-electron chi connectivity index (χ2n) is 6.59. The van der Waals surface area contributed by atoms with Crippen LogP contribution in [0.25, 0.3) is 11.2 Å². The zero-order valence-corrected chi connectivity index (χ0v) is 14.9. The van der Waals surface area contributed by atoms with E-state index in [0.717, 1.165) is 19.3 Å². The van der Waals surface area contributed by atoms with Crippen molar-refractivity contribution in [1.82, 2.24) is 24.8 Å². The molecule has 2 aromatic rings. The molecular weight excluding hydrogens is 338 g/mol. The number of rotatable bonds is 6. The first-order chi connectivity index (χ1) is 12.4. The van der Waals surface area contributed by atoms with Crippen molar-refractivity contribution in [2.24, 2.45) is 7.05 Å². The van der Waals surface area contributed by atoms with Crippen molar-refractivity contribution in [2.45, 2.75) is 37.9 Å². The molecule has 4 N–H and O–H groups in total. The van der Waals surface area contributed by atoms with Crippen LogP contribution in [-0.2, 0) is 23.2 Å². The summed E-state index contributed by atoms with van der Waals surface area (Å²) in [5.41, 5.74) is 7.08. The van der Waals surface area contributed by atoms with Crippen LogP contribution in [-0.4, -0.2) is 62.1 Å². The van der Waals surface area contributed by atoms with Crippen LogP contribution < -0.4 is 15.6 Å². The number of amides is 1. The van der Waals surface area contributed by atoms with Gasteiger partial charge in [-0.3, -0.25) is 14.2 Å². The van der Waals surface area contributed by atoms with E-state index >= 15 is 0 Å². The number of nitrogens with one attached hydrogen (secondary N) is 1. The maximum atomic E-state index is 13.0. The lowest BCUT2D eigenvalue weighted by Gasteiger charge is -2.31. The fraction of sp³-hybridized carbons (Fsp3) is 0.562. The third-order valence-corrected chi connectivity index (χ3v) is 4.95. The normalized spacial score (nSPS) is 19.8. The van der Waals surface area contributed by atoms with Crippen LogP contribution in [0.4, 0.5) is 5.82 Å². The predicted molar refractivity (Wildman–Crippen MR) is 93.0 cm³/mol. The van der Waals surface area contributed by atoms with Gasteiger partial charge in [0.2, 0.25) is 5.52 Å². The molecule has 26 heavy (non-hydrogen) atoms. The van der Waals surface area contributed by atoms with E-state index in [4.69, 9.17) is 5.73 Å². The molecule has 1 fully saturated rings. The standard InChI is InChI=1S/C16H23N7O3/c1-18-10-4-3-5-11(10)23(7-13(25)26)12(24)6-22-9-21(2)14-15(17)19-8-20-16(14)22/h8-11,18H,3-7H2,1-2H3,(H2-,17,19,20,25,26)/p+1/t10-,11-/m0/s1. The second kappa shape index (κ2) is 7.24. The van der Waals surface area contributed by atoms with Crippen molar-refractivity contribution in [1.29, 1.82) is 0 Å². The number of likely N-dealkylation sites (N-methyl/N-ethyl adjacent to an activating group) is 1. The summed E-state index contributed by atoms with van der Waals surface area (Å²) in [6, 6.07) is -0.0207. The number of carboxylic acid groups (broad SMARTS) is 1. The molecule has 3 rings (SSSR count). The highest BCUT2D eigenvalue weighted by Gasteiger charge is 2.35. The Kier molecular flexibility index (Phi) is 5.03. The van der Waals surface area contributed by atoms with E-state index in [2.05, 4.69) is 15.3 Å². The van der Waals surface area contributed by atoms with Crippen molar-refractivity contribution in [2.75, 3.05) is 19.3 Å². The molecular formula is C16H24N7O3+. The minimum Gasteiger partial charge on any atom is -0.480 e. The Morgan fingerprint density at radius 1 is 1.46 bits per heavy atom. The molecule has 0 bridgehead atoms. The molecule has 0 spiro atoms. The summed E-state index contributed by atoms with van der Waals surface area (Å²) in [5, 5.41) is 12.5. The summed E-state index contributed by atoms with van der Waals surface area (Å²) in [6.07, 6.45) is 5.75. The first kappa shape index (κ1) is 18.1. The molecule has 1 saturated carbocycles. The highest BCUT2D eigenvalue weighted by molar-refractivity contribution is 5.82. The molecule has 0 aliphatic heterocycles. The smallest absolute Gasteiger partial charge is 0.323 e. The molecule has 0 radical (unpaired) electrons. The number of hydrogen-bond acceptors (Lipinski definition) is 6. The number of hydrogen-bond donors (Lipinski definition) is 3. The molecule has 140 valence electrons. The fourth-order valence-electron chi connectivity index (χ4n) is 3.79. The van der Waals surface area contributed by atoms with Gasteiger partial charge in [-0.1, -0.05) is 4.98 Å². The Labute approximate surface area is 150 Å². The SMILES string of the molecule is CN[C@H]1CCC[C@@H]1N(CC(=O)O)C(=O)C[n+]1cn(C)c2c(N)ncnc21. The molecule has 0 saturated heterocycles. The van der Waals surface area contributed by atoms with Gasteiger partial charge in [-0.15, -0.1) is 0 Å². The molecule has 2 heterocycles. The van der Waals surface area contributed by atoms with Gasteiger partial charge < -0.3 is 21.1 Å². The van der Waals surface area contributed by atoms with E-state index in [0.29, 0.717) is 17.0 Å². The van der Waals surface area contributed by atoms with E-state index in [1.807, 2.05) is 7.05 Å². The van der Waals surface area contributed by atoms with Crippen LogP contribution in [0, 0.1) is 0 Å². The van der Waals surface area contributed by atoms with E-state index < -0.39 is 5.97 Å². The van der Waals surface area contributed by atoms with Gasteiger partial charge in [0.15, 0.2) is 25.0 Å². The van der Waals surface area contributed by atoms with E-state index in [-0.39, 0.29) is 31.1 Å². The highest BCUT2D eigenvalue weighted by Crippen LogP contribution is 2.24. The number of nitrogens with zero attached hydrogens (tertiary/aromatic N) is 5. The zero-order valence-electron chi connectivity index (χ0n) is 14.9. The minimum absolute atomic E-state index is 0.00594. The average molecular weight is 362 g/mol. The van der Waals surface area contributed by atoms with Crippen molar-refractivity contribution in [3.8, 4) is 0 Å². The molecule has 0 unspecified atom stereocenters. The number of nitrogens with two attached hydrogens (primary N) is 1. The number of carbonyl (C=O) groups excluding carboxylic acids is 1. The first-order valence-electron chi connectivity index (χ1n) is 8.55. The van der Waals surface area contributed by atoms with Crippen molar-refractivity contribution >= 4 is 28.9 Å². The lowest BCUT2D eigenvalue weighted by atomic mass is 10.1. The van der Waals surface area contributed by atoms with Crippen LogP contribution in [0.15, 0.2) is 12.7 Å². The number of aliphatic carboxylic acids is 1. The van der Waals surface area contributed by atoms with Crippen LogP contribution in [0.1, 0.15) is 19.3 Å². The first-order valence-corrected chi connectivity index (χ1v) is 8.55. The summed E-state index contributed by atoms with van der Waals surface area (Å²) in [6.45, 7) is -0.321. The topological polar surface area (TPSA) is 130 Å². The number of carboxylic acids is 1. The molecule has 1 aliphatic rings. The number of anilines is 1. The lowest BCUT2D eigenvalue weighted by Crippen LogP contribution is -2.54. The van der Waals surface area contributed by atoms with E-state index in [1.54, 1.807) is 22.5 Å². The number of aromatic nitrogens is 4. The molecule has 10 heteroatoms. The van der Waals surface area contributed by atoms with Crippen molar-refractivity contribution < 1.29 is 19.3 Å². The second-order valence-corrected chi connectivity index (χ2v) is 6.59. The number of nitrogen functional groups attached to an aromatic ring is 1. The zero-order chi connectivity index (χ0) is 18.8. The molecule has 0 aromatic carbocycles. The average Bonchev–Trinajstić information content (AvgIpc) is 3.18. The van der Waals surface area contributed by atoms with Gasteiger partial charge in [0.25, 0.3) is 5.91 Å². The van der Waals surface area contributed by atoms with Gasteiger partial charge in [-0.05, 0) is 26.3 Å². The molecule has 2 atom stereocenters. The predicted octanol–water partition coefficient (Wildman–Crippen LogP) is -1.11. The Morgan fingerprint density at radius 2 is 2.23 bits per heavy atom. The highest BCUT2D eigenvalue weighted by atomic mass is 16.4. The summed E-state index contributed by atoms with van der Waals surface area (Å²) in [4.78, 5) is 33.9. The molecule has 10 nitrogen and oxygen atoms in total. The molecule has 2 aromatic heterocycles. The Balaban J connectivity index is 1.89. The Hall–Kier alpha value is -2.75. The summed E-state index contributed by atoms with van der Waals surface area (Å²) in [5.74, 6) is -0.944. The molecule has 1 aliphatic carbocycles. The van der Waals surface area contributed by atoms with Crippen molar-refractivity contribution in [3.63, 3.8) is 0 Å². The van der Waals surface area contributed by atoms with E-state index in [1.165, 1.54) is 11.2 Å². The van der Waals surface area contributed by atoms with Crippen LogP contribution in [0.3, 0.4) is 0 Å². The van der Waals surface area contributed by atoms with Crippen LogP contribution in [0.2, 0.25) is 0 Å². The minimum atomic E-state index is -1.02. The number of imidazole rings is 1. The van der Waals surface area contributed by atoms with Gasteiger partial charge >= 0.3 is 11.6 Å². The van der Waals surface area contributed by atoms with Gasteiger partial charge in [0.05, 0.1) is 7.05 Å². The van der Waals surface area contributed by atoms with Gasteiger partial charge in [0.1, 0.15) is 6.54 Å². The lowest BCUT2D eigenvalue weighted by molar-refractivity contribution is -0.661. The largest absolute Gasteiger partial charge is 0.480 e. The van der Waals surface area contributed by atoms with Crippen LogP contribution in [0.5, 0.6) is 0 Å². The Morgan fingerprint density at radius 3 is 2.92 bits per heavy atom. The maximum absolute atomic E-state index is 13.0. The third kappa shape index (κ3) is 3.32. The number of aryl methyl sites for hydroxylation is 1. The summed E-state index contributed by atoms with van der Waals surface area (Å²) in [7, 11) is 3.64. The quantitative estimate of drug-likeness (QED) is 0.556. The van der Waals surface area contributed by atoms with Gasteiger partial charge in [-0.25, -0.2) is 4.57 Å². The van der Waals surface area contributed by atoms with Crippen molar-refractivity contribution in [3.05, 3.63) is 12.7 Å². The Bertz CT molecular complexity index is 835. The summed E-state index contributed by atoms with van der Waals surface area (Å²) < 4.78 is 3.43.